The van der Waals surface area contributed by atoms with Crippen molar-refractivity contribution in [2.45, 2.75) is 37.9 Å². The second kappa shape index (κ2) is 6.43. The van der Waals surface area contributed by atoms with Crippen molar-refractivity contribution in [2.75, 3.05) is 11.1 Å². The molecule has 1 aromatic heterocycles. The lowest BCUT2D eigenvalue weighted by Gasteiger charge is -2.38. The van der Waals surface area contributed by atoms with E-state index in [1.165, 1.54) is 0 Å². The third-order valence-electron chi connectivity index (χ3n) is 4.76. The molecule has 2 heterocycles. The van der Waals surface area contributed by atoms with Gasteiger partial charge >= 0.3 is 0 Å². The van der Waals surface area contributed by atoms with Gasteiger partial charge in [0.15, 0.2) is 5.78 Å². The Kier molecular flexibility index (Phi) is 4.23. The molecular formula is C20H22N4OS. The lowest BCUT2D eigenvalue weighted by atomic mass is 9.73. The van der Waals surface area contributed by atoms with Crippen molar-refractivity contribution in [1.82, 2.24) is 14.8 Å². The average molecular weight is 366 g/mol. The van der Waals surface area contributed by atoms with Gasteiger partial charge in [0.2, 0.25) is 11.1 Å². The Morgan fingerprint density at radius 2 is 2.12 bits per heavy atom. The van der Waals surface area contributed by atoms with Gasteiger partial charge in [-0.05, 0) is 17.4 Å². The average Bonchev–Trinajstić information content (AvgIpc) is 3.00. The number of anilines is 1. The molecule has 1 N–H and O–H groups in total. The lowest BCUT2D eigenvalue weighted by molar-refractivity contribution is -0.118. The number of benzene rings is 1. The highest BCUT2D eigenvalue weighted by atomic mass is 32.2. The molecule has 2 aromatic rings. The van der Waals surface area contributed by atoms with Gasteiger partial charge in [-0.2, -0.15) is 4.98 Å². The molecule has 134 valence electrons. The number of carbonyl (C=O) groups is 1. The van der Waals surface area contributed by atoms with E-state index in [0.717, 1.165) is 29.0 Å². The zero-order valence-electron chi connectivity index (χ0n) is 15.0. The molecule has 0 saturated carbocycles. The summed E-state index contributed by atoms with van der Waals surface area (Å²) in [7, 11) is 0. The quantitative estimate of drug-likeness (QED) is 0.649. The molecule has 0 bridgehead atoms. The molecular weight excluding hydrogens is 344 g/mol. The topological polar surface area (TPSA) is 59.8 Å². The first kappa shape index (κ1) is 17.1. The summed E-state index contributed by atoms with van der Waals surface area (Å²) in [5, 5.41) is 8.76. The van der Waals surface area contributed by atoms with Crippen LogP contribution in [0, 0.1) is 5.41 Å². The molecule has 5 nitrogen and oxygen atoms in total. The fourth-order valence-corrected chi connectivity index (χ4v) is 4.29. The number of Topliss-reactive ketones (excluding diaryl/α,β-unsaturated/α-hetero) is 1. The van der Waals surface area contributed by atoms with Crippen molar-refractivity contribution < 1.29 is 4.79 Å². The van der Waals surface area contributed by atoms with Crippen LogP contribution in [-0.2, 0) is 4.79 Å². The van der Waals surface area contributed by atoms with Gasteiger partial charge in [0.25, 0.3) is 0 Å². The van der Waals surface area contributed by atoms with Gasteiger partial charge in [-0.15, -0.1) is 11.7 Å². The number of hydrogen-bond donors (Lipinski definition) is 1. The number of thioether (sulfide) groups is 1. The number of carbonyl (C=O) groups excluding carboxylic acids is 1. The summed E-state index contributed by atoms with van der Waals surface area (Å²) >= 11 is 1.54. The van der Waals surface area contributed by atoms with E-state index in [-0.39, 0.29) is 17.2 Å². The Bertz CT molecular complexity index is 898. The summed E-state index contributed by atoms with van der Waals surface area (Å²) in [6, 6.07) is 9.86. The van der Waals surface area contributed by atoms with Crippen molar-refractivity contribution in [1.29, 1.82) is 0 Å². The second-order valence-corrected chi connectivity index (χ2v) is 8.52. The van der Waals surface area contributed by atoms with E-state index in [2.05, 4.69) is 48.0 Å². The molecule has 0 amide bonds. The van der Waals surface area contributed by atoms with Crippen LogP contribution in [0.4, 0.5) is 5.95 Å². The van der Waals surface area contributed by atoms with Crippen LogP contribution < -0.4 is 5.32 Å². The maximum atomic E-state index is 13.0. The lowest BCUT2D eigenvalue weighted by Crippen LogP contribution is -2.36. The van der Waals surface area contributed by atoms with E-state index in [1.807, 2.05) is 29.0 Å². The van der Waals surface area contributed by atoms with Gasteiger partial charge in [0, 0.05) is 23.4 Å². The number of hydrogen-bond acceptors (Lipinski definition) is 5. The molecule has 26 heavy (non-hydrogen) atoms. The van der Waals surface area contributed by atoms with Crippen molar-refractivity contribution in [2.24, 2.45) is 5.41 Å². The smallest absolute Gasteiger partial charge is 0.227 e. The highest BCUT2D eigenvalue weighted by Crippen LogP contribution is 2.45. The summed E-state index contributed by atoms with van der Waals surface area (Å²) in [6.45, 7) is 8.03. The summed E-state index contributed by atoms with van der Waals surface area (Å²) in [6.07, 6.45) is 3.22. The molecule has 0 spiro atoms. The molecule has 1 unspecified atom stereocenters. The Morgan fingerprint density at radius 1 is 1.35 bits per heavy atom. The number of rotatable bonds is 4. The second-order valence-electron chi connectivity index (χ2n) is 7.53. The van der Waals surface area contributed by atoms with Crippen molar-refractivity contribution >= 4 is 23.5 Å². The van der Waals surface area contributed by atoms with Gasteiger partial charge in [-0.25, -0.2) is 4.68 Å². The first-order valence-electron chi connectivity index (χ1n) is 8.77. The molecule has 6 heteroatoms. The molecule has 0 radical (unpaired) electrons. The third-order valence-corrected chi connectivity index (χ3v) is 5.59. The fourth-order valence-electron chi connectivity index (χ4n) is 3.73. The SMILES string of the molecule is C=CCSc1nc2n(n1)C(c1ccccc1)C1=C(CC(C)(C)CC1=O)N2. The van der Waals surface area contributed by atoms with Crippen LogP contribution in [0.25, 0.3) is 0 Å². The van der Waals surface area contributed by atoms with Gasteiger partial charge in [-0.1, -0.05) is 62.0 Å². The molecule has 1 aliphatic heterocycles. The van der Waals surface area contributed by atoms with Crippen LogP contribution >= 0.6 is 11.8 Å². The van der Waals surface area contributed by atoms with E-state index >= 15 is 0 Å². The van der Waals surface area contributed by atoms with Crippen LogP contribution in [0.1, 0.15) is 38.3 Å². The van der Waals surface area contributed by atoms with E-state index < -0.39 is 0 Å². The molecule has 4 rings (SSSR count). The van der Waals surface area contributed by atoms with E-state index in [9.17, 15) is 4.79 Å². The van der Waals surface area contributed by atoms with Crippen LogP contribution in [0.3, 0.4) is 0 Å². The van der Waals surface area contributed by atoms with E-state index in [4.69, 9.17) is 0 Å². The Labute approximate surface area is 157 Å². The van der Waals surface area contributed by atoms with Crippen LogP contribution in [0.2, 0.25) is 0 Å². The van der Waals surface area contributed by atoms with Gasteiger partial charge in [0.1, 0.15) is 6.04 Å². The summed E-state index contributed by atoms with van der Waals surface area (Å²) in [5.41, 5.74) is 2.82. The maximum absolute atomic E-state index is 13.0. The number of nitrogens with zero attached hydrogens (tertiary/aromatic N) is 3. The van der Waals surface area contributed by atoms with Gasteiger partial charge < -0.3 is 5.32 Å². The van der Waals surface area contributed by atoms with Crippen molar-refractivity contribution in [3.05, 3.63) is 59.8 Å². The molecule has 0 saturated heterocycles. The first-order valence-corrected chi connectivity index (χ1v) is 9.75. The molecule has 1 aromatic carbocycles. The van der Waals surface area contributed by atoms with Crippen LogP contribution in [0.15, 0.2) is 59.4 Å². The monoisotopic (exact) mass is 366 g/mol. The highest BCUT2D eigenvalue weighted by molar-refractivity contribution is 7.99. The van der Waals surface area contributed by atoms with E-state index in [0.29, 0.717) is 17.5 Å². The van der Waals surface area contributed by atoms with Gasteiger partial charge in [-0.3, -0.25) is 4.79 Å². The molecule has 0 fully saturated rings. The minimum Gasteiger partial charge on any atom is -0.328 e. The molecule has 1 aliphatic carbocycles. The first-order chi connectivity index (χ1) is 12.5. The zero-order chi connectivity index (χ0) is 18.3. The van der Waals surface area contributed by atoms with Gasteiger partial charge in [0.05, 0.1) is 0 Å². The predicted octanol–water partition coefficient (Wildman–Crippen LogP) is 4.21. The summed E-state index contributed by atoms with van der Waals surface area (Å²) in [4.78, 5) is 17.7. The summed E-state index contributed by atoms with van der Waals surface area (Å²) < 4.78 is 1.86. The predicted molar refractivity (Wildman–Crippen MR) is 104 cm³/mol. The number of nitrogens with one attached hydrogen (secondary N) is 1. The maximum Gasteiger partial charge on any atom is 0.227 e. The third kappa shape index (κ3) is 2.98. The number of aromatic nitrogens is 3. The zero-order valence-corrected chi connectivity index (χ0v) is 15.8. The number of fused-ring (bicyclic) bond motifs is 1. The highest BCUT2D eigenvalue weighted by Gasteiger charge is 2.41. The van der Waals surface area contributed by atoms with Crippen LogP contribution in [0.5, 0.6) is 0 Å². The molecule has 1 atom stereocenters. The number of ketones is 1. The Hall–Kier alpha value is -2.34. The van der Waals surface area contributed by atoms with E-state index in [1.54, 1.807) is 11.8 Å². The minimum absolute atomic E-state index is 0.0488. The largest absolute Gasteiger partial charge is 0.328 e. The standard InChI is InChI=1S/C20H22N4OS/c1-4-10-26-19-22-18-21-14-11-20(2,3)12-15(25)16(14)17(24(18)23-19)13-8-6-5-7-9-13/h4-9,17H,1,10-12H2,2-3H3,(H,21,22,23). The Balaban J connectivity index is 1.84. The van der Waals surface area contributed by atoms with Crippen molar-refractivity contribution in [3.63, 3.8) is 0 Å². The fraction of sp³-hybridized carbons (Fsp3) is 0.350. The van der Waals surface area contributed by atoms with Crippen molar-refractivity contribution in [3.8, 4) is 0 Å². The van der Waals surface area contributed by atoms with Crippen LogP contribution in [-0.4, -0.2) is 26.3 Å². The minimum atomic E-state index is -0.225. The number of allylic oxidation sites excluding steroid dienone is 2. The Morgan fingerprint density at radius 3 is 2.85 bits per heavy atom. The summed E-state index contributed by atoms with van der Waals surface area (Å²) in [5.74, 6) is 1.65. The normalized spacial score (nSPS) is 21.0. The molecule has 2 aliphatic rings.